The normalized spacial score (nSPS) is 23.2. The Bertz CT molecular complexity index is 585. The first kappa shape index (κ1) is 12.3. The van der Waals surface area contributed by atoms with E-state index >= 15 is 0 Å². The predicted octanol–water partition coefficient (Wildman–Crippen LogP) is 1.46. The number of nitrogens with one attached hydrogen (secondary N) is 1. The summed E-state index contributed by atoms with van der Waals surface area (Å²) in [4.78, 5) is 15.5. The van der Waals surface area contributed by atoms with Crippen LogP contribution in [-0.4, -0.2) is 41.6 Å². The van der Waals surface area contributed by atoms with E-state index in [0.717, 1.165) is 36.6 Å². The van der Waals surface area contributed by atoms with Crippen molar-refractivity contribution in [3.05, 3.63) is 24.5 Å². The summed E-state index contributed by atoms with van der Waals surface area (Å²) < 4.78 is 0. The second-order valence-corrected chi connectivity index (χ2v) is 5.58. The molecule has 5 heteroatoms. The van der Waals surface area contributed by atoms with Crippen molar-refractivity contribution in [2.24, 2.45) is 5.41 Å². The minimum atomic E-state index is 0.327. The second kappa shape index (κ2) is 4.74. The lowest BCUT2D eigenvalue weighted by Gasteiger charge is -2.24. The Kier molecular flexibility index (Phi) is 3.06. The molecule has 2 aromatic heterocycles. The minimum absolute atomic E-state index is 0.327. The van der Waals surface area contributed by atoms with Gasteiger partial charge < -0.3 is 10.2 Å². The lowest BCUT2D eigenvalue weighted by molar-refractivity contribution is 0.356. The van der Waals surface area contributed by atoms with Crippen molar-refractivity contribution >= 4 is 17.0 Å². The molecule has 3 heterocycles. The maximum atomic E-state index is 4.61. The zero-order valence-corrected chi connectivity index (χ0v) is 11.4. The fourth-order valence-corrected chi connectivity index (χ4v) is 2.81. The number of hydrogen-bond acceptors (Lipinski definition) is 5. The van der Waals surface area contributed by atoms with Gasteiger partial charge in [0.25, 0.3) is 0 Å². The fraction of sp³-hybridized carbons (Fsp3) is 0.500. The number of pyridine rings is 1. The highest BCUT2D eigenvalue weighted by atomic mass is 15.2. The molecular formula is C14H19N5. The van der Waals surface area contributed by atoms with Crippen LogP contribution in [0.15, 0.2) is 24.5 Å². The van der Waals surface area contributed by atoms with E-state index in [-0.39, 0.29) is 0 Å². The zero-order chi connectivity index (χ0) is 13.3. The van der Waals surface area contributed by atoms with Crippen molar-refractivity contribution in [3.63, 3.8) is 0 Å². The monoisotopic (exact) mass is 257 g/mol. The van der Waals surface area contributed by atoms with Crippen LogP contribution >= 0.6 is 0 Å². The van der Waals surface area contributed by atoms with Crippen LogP contribution in [-0.2, 0) is 0 Å². The van der Waals surface area contributed by atoms with Crippen LogP contribution in [0.1, 0.15) is 13.3 Å². The largest absolute Gasteiger partial charge is 0.356 e. The molecule has 1 unspecified atom stereocenters. The van der Waals surface area contributed by atoms with Crippen LogP contribution < -0.4 is 10.2 Å². The molecule has 19 heavy (non-hydrogen) atoms. The van der Waals surface area contributed by atoms with Crippen LogP contribution in [0.4, 0.5) is 5.82 Å². The lowest BCUT2D eigenvalue weighted by atomic mass is 9.90. The third-order valence-electron chi connectivity index (χ3n) is 3.80. The van der Waals surface area contributed by atoms with Crippen LogP contribution in [0, 0.1) is 5.41 Å². The van der Waals surface area contributed by atoms with Gasteiger partial charge in [-0.1, -0.05) is 6.92 Å². The van der Waals surface area contributed by atoms with E-state index in [1.54, 1.807) is 12.4 Å². The number of nitrogens with zero attached hydrogens (tertiary/aromatic N) is 4. The van der Waals surface area contributed by atoms with Crippen molar-refractivity contribution < 1.29 is 0 Å². The maximum Gasteiger partial charge on any atom is 0.180 e. The van der Waals surface area contributed by atoms with Crippen molar-refractivity contribution in [2.75, 3.05) is 31.6 Å². The number of anilines is 1. The van der Waals surface area contributed by atoms with E-state index in [1.807, 2.05) is 19.2 Å². The van der Waals surface area contributed by atoms with E-state index in [4.69, 9.17) is 0 Å². The molecule has 3 rings (SSSR count). The highest BCUT2D eigenvalue weighted by Gasteiger charge is 2.33. The van der Waals surface area contributed by atoms with Gasteiger partial charge in [0.2, 0.25) is 0 Å². The topological polar surface area (TPSA) is 53.9 Å². The van der Waals surface area contributed by atoms with Gasteiger partial charge in [-0.25, -0.2) is 9.97 Å². The lowest BCUT2D eigenvalue weighted by Crippen LogP contribution is -2.33. The molecule has 0 aromatic carbocycles. The van der Waals surface area contributed by atoms with Gasteiger partial charge in [-0.2, -0.15) is 0 Å². The molecule has 1 fully saturated rings. The molecular weight excluding hydrogens is 238 g/mol. The van der Waals surface area contributed by atoms with Gasteiger partial charge >= 0.3 is 0 Å². The Balaban J connectivity index is 1.85. The first-order valence-corrected chi connectivity index (χ1v) is 6.68. The van der Waals surface area contributed by atoms with Crippen LogP contribution in [0.2, 0.25) is 0 Å². The number of rotatable bonds is 3. The van der Waals surface area contributed by atoms with Gasteiger partial charge in [-0.3, -0.25) is 4.98 Å². The Hall–Kier alpha value is -1.75. The summed E-state index contributed by atoms with van der Waals surface area (Å²) >= 11 is 0. The van der Waals surface area contributed by atoms with Crippen molar-refractivity contribution in [2.45, 2.75) is 13.3 Å². The Morgan fingerprint density at radius 3 is 3.00 bits per heavy atom. The van der Waals surface area contributed by atoms with Crippen molar-refractivity contribution in [3.8, 4) is 0 Å². The molecule has 0 radical (unpaired) electrons. The first-order valence-electron chi connectivity index (χ1n) is 6.68. The molecule has 100 valence electrons. The summed E-state index contributed by atoms with van der Waals surface area (Å²) in [6.07, 6.45) is 4.58. The summed E-state index contributed by atoms with van der Waals surface area (Å²) in [7, 11) is 2.01. The van der Waals surface area contributed by atoms with Gasteiger partial charge in [0.15, 0.2) is 5.65 Å². The SMILES string of the molecule is CNCC1(C)CCN(c2ccc3nccnc3n2)C1. The van der Waals surface area contributed by atoms with E-state index in [9.17, 15) is 0 Å². The smallest absolute Gasteiger partial charge is 0.180 e. The Morgan fingerprint density at radius 2 is 2.16 bits per heavy atom. The third kappa shape index (κ3) is 2.38. The molecule has 1 saturated heterocycles. The summed E-state index contributed by atoms with van der Waals surface area (Å²) in [6.45, 7) is 5.45. The van der Waals surface area contributed by atoms with E-state index in [2.05, 4.69) is 32.1 Å². The van der Waals surface area contributed by atoms with Crippen LogP contribution in [0.5, 0.6) is 0 Å². The van der Waals surface area contributed by atoms with Gasteiger partial charge in [0, 0.05) is 32.0 Å². The summed E-state index contributed by atoms with van der Waals surface area (Å²) in [6, 6.07) is 4.04. The third-order valence-corrected chi connectivity index (χ3v) is 3.80. The number of hydrogen-bond donors (Lipinski definition) is 1. The molecule has 1 N–H and O–H groups in total. The molecule has 1 aliphatic rings. The second-order valence-electron chi connectivity index (χ2n) is 5.58. The average Bonchev–Trinajstić information content (AvgIpc) is 2.81. The van der Waals surface area contributed by atoms with Gasteiger partial charge in [-0.05, 0) is 31.0 Å². The molecule has 1 atom stereocenters. The Morgan fingerprint density at radius 1 is 1.32 bits per heavy atom. The maximum absolute atomic E-state index is 4.61. The van der Waals surface area contributed by atoms with Crippen molar-refractivity contribution in [1.29, 1.82) is 0 Å². The number of aromatic nitrogens is 3. The molecule has 0 spiro atoms. The zero-order valence-electron chi connectivity index (χ0n) is 11.4. The van der Waals surface area contributed by atoms with Crippen LogP contribution in [0.3, 0.4) is 0 Å². The van der Waals surface area contributed by atoms with Crippen LogP contribution in [0.25, 0.3) is 11.2 Å². The van der Waals surface area contributed by atoms with E-state index in [1.165, 1.54) is 6.42 Å². The fourth-order valence-electron chi connectivity index (χ4n) is 2.81. The van der Waals surface area contributed by atoms with Crippen molar-refractivity contribution in [1.82, 2.24) is 20.3 Å². The molecule has 1 aliphatic heterocycles. The predicted molar refractivity (Wildman–Crippen MR) is 76.2 cm³/mol. The highest BCUT2D eigenvalue weighted by Crippen LogP contribution is 2.32. The van der Waals surface area contributed by atoms with Gasteiger partial charge in [0.1, 0.15) is 11.3 Å². The number of fused-ring (bicyclic) bond motifs is 1. The minimum Gasteiger partial charge on any atom is -0.356 e. The summed E-state index contributed by atoms with van der Waals surface area (Å²) in [5.41, 5.74) is 1.90. The molecule has 0 saturated carbocycles. The molecule has 0 bridgehead atoms. The molecule has 0 aliphatic carbocycles. The first-order chi connectivity index (χ1) is 9.20. The van der Waals surface area contributed by atoms with Gasteiger partial charge in [-0.15, -0.1) is 0 Å². The standard InChI is InChI=1S/C14H19N5/c1-14(9-15-2)5-8-19(10-14)12-4-3-11-13(18-12)17-7-6-16-11/h3-4,6-7,15H,5,8-10H2,1-2H3. The summed E-state index contributed by atoms with van der Waals surface area (Å²) in [5, 5.41) is 3.28. The molecule has 2 aromatic rings. The molecule has 0 amide bonds. The molecule has 5 nitrogen and oxygen atoms in total. The Labute approximate surface area is 113 Å². The average molecular weight is 257 g/mol. The van der Waals surface area contributed by atoms with E-state index < -0.39 is 0 Å². The van der Waals surface area contributed by atoms with E-state index in [0.29, 0.717) is 5.41 Å². The highest BCUT2D eigenvalue weighted by molar-refractivity contribution is 5.71. The summed E-state index contributed by atoms with van der Waals surface area (Å²) in [5.74, 6) is 1.01. The van der Waals surface area contributed by atoms with Gasteiger partial charge in [0.05, 0.1) is 0 Å². The quantitative estimate of drug-likeness (QED) is 0.902.